The van der Waals surface area contributed by atoms with Gasteiger partial charge in [-0.25, -0.2) is 4.68 Å². The molecule has 0 spiro atoms. The molecule has 0 fully saturated rings. The van der Waals surface area contributed by atoms with Crippen LogP contribution in [-0.2, 0) is 11.8 Å². The van der Waals surface area contributed by atoms with Gasteiger partial charge in [-0.3, -0.25) is 14.4 Å². The van der Waals surface area contributed by atoms with Crippen LogP contribution in [0, 0.1) is 0 Å². The Balaban J connectivity index is 2.33. The monoisotopic (exact) mass is 316 g/mol. The Bertz CT molecular complexity index is 798. The van der Waals surface area contributed by atoms with E-state index < -0.39 is 5.91 Å². The Labute approximate surface area is 133 Å². The molecule has 0 unspecified atom stereocenters. The molecule has 0 saturated carbocycles. The highest BCUT2D eigenvalue weighted by molar-refractivity contribution is 6.05. The van der Waals surface area contributed by atoms with Crippen LogP contribution in [0.5, 0.6) is 0 Å². The first-order valence-corrected chi connectivity index (χ1v) is 7.44. The van der Waals surface area contributed by atoms with Crippen LogP contribution in [0.4, 0.5) is 0 Å². The first kappa shape index (κ1) is 16.7. The highest BCUT2D eigenvalue weighted by atomic mass is 16.2. The molecule has 0 bridgehead atoms. The van der Waals surface area contributed by atoms with Crippen LogP contribution in [0.15, 0.2) is 29.1 Å². The number of hydrogen-bond acceptors (Lipinski definition) is 4. The molecule has 2 aromatic rings. The number of carbonyl (C=O) groups excluding carboxylic acids is 2. The third-order valence-electron chi connectivity index (χ3n) is 3.46. The van der Waals surface area contributed by atoms with E-state index in [1.54, 1.807) is 24.3 Å². The summed E-state index contributed by atoms with van der Waals surface area (Å²) in [4.78, 5) is 37.7. The van der Waals surface area contributed by atoms with Crippen LogP contribution in [0.2, 0.25) is 0 Å². The number of benzene rings is 1. The molecule has 1 aromatic carbocycles. The van der Waals surface area contributed by atoms with E-state index in [4.69, 9.17) is 0 Å². The molecule has 0 radical (unpaired) electrons. The lowest BCUT2D eigenvalue weighted by Gasteiger charge is -2.17. The predicted molar refractivity (Wildman–Crippen MR) is 87.2 cm³/mol. The summed E-state index contributed by atoms with van der Waals surface area (Å²) in [6, 6.07) is 6.82. The summed E-state index contributed by atoms with van der Waals surface area (Å²) in [7, 11) is 3.04. The summed E-state index contributed by atoms with van der Waals surface area (Å²) >= 11 is 0. The predicted octanol–water partition coefficient (Wildman–Crippen LogP) is 0.532. The number of nitrogens with zero attached hydrogens (tertiary/aromatic N) is 3. The molecular weight excluding hydrogens is 296 g/mol. The first-order valence-electron chi connectivity index (χ1n) is 7.44. The first-order chi connectivity index (χ1) is 11.0. The van der Waals surface area contributed by atoms with Gasteiger partial charge in [0, 0.05) is 26.0 Å². The number of fused-ring (bicyclic) bond motifs is 1. The standard InChI is InChI=1S/C16H20N4O3/c1-4-9-17-13(21)10-19(2)16(23)14-11-7-5-6-8-12(11)15(22)20(3)18-14/h5-8H,4,9-10H2,1-3H3,(H,17,21). The minimum Gasteiger partial charge on any atom is -0.355 e. The van der Waals surface area contributed by atoms with E-state index >= 15 is 0 Å². The van der Waals surface area contributed by atoms with Crippen LogP contribution < -0.4 is 10.9 Å². The Morgan fingerprint density at radius 2 is 1.91 bits per heavy atom. The molecule has 0 aliphatic carbocycles. The molecule has 1 N–H and O–H groups in total. The van der Waals surface area contributed by atoms with Crippen LogP contribution >= 0.6 is 0 Å². The zero-order valence-corrected chi connectivity index (χ0v) is 13.5. The van der Waals surface area contributed by atoms with E-state index in [-0.39, 0.29) is 23.7 Å². The lowest BCUT2D eigenvalue weighted by molar-refractivity contribution is -0.121. The molecule has 0 aliphatic rings. The Morgan fingerprint density at radius 3 is 2.57 bits per heavy atom. The summed E-state index contributed by atoms with van der Waals surface area (Å²) in [5, 5.41) is 7.71. The van der Waals surface area contributed by atoms with E-state index in [2.05, 4.69) is 10.4 Å². The number of nitrogens with one attached hydrogen (secondary N) is 1. The number of rotatable bonds is 5. The number of amides is 2. The van der Waals surface area contributed by atoms with Crippen LogP contribution in [0.25, 0.3) is 10.8 Å². The average Bonchev–Trinajstić information content (AvgIpc) is 2.55. The molecule has 7 heteroatoms. The second kappa shape index (κ2) is 7.04. The zero-order chi connectivity index (χ0) is 17.0. The summed E-state index contributed by atoms with van der Waals surface area (Å²) in [5.41, 5.74) is -0.103. The fourth-order valence-electron chi connectivity index (χ4n) is 2.25. The molecular formula is C16H20N4O3. The van der Waals surface area contributed by atoms with Crippen molar-refractivity contribution in [2.75, 3.05) is 20.1 Å². The lowest BCUT2D eigenvalue weighted by Crippen LogP contribution is -2.39. The minimum absolute atomic E-state index is 0.0579. The largest absolute Gasteiger partial charge is 0.355 e. The smallest absolute Gasteiger partial charge is 0.275 e. The summed E-state index contributed by atoms with van der Waals surface area (Å²) in [5.74, 6) is -0.625. The van der Waals surface area contributed by atoms with E-state index in [0.717, 1.165) is 11.1 Å². The van der Waals surface area contributed by atoms with Crippen molar-refractivity contribution in [3.8, 4) is 0 Å². The summed E-state index contributed by atoms with van der Waals surface area (Å²) < 4.78 is 1.14. The molecule has 1 heterocycles. The normalized spacial score (nSPS) is 10.6. The van der Waals surface area contributed by atoms with E-state index in [0.29, 0.717) is 17.3 Å². The number of carbonyl (C=O) groups is 2. The third kappa shape index (κ3) is 3.56. The maximum absolute atomic E-state index is 12.6. The van der Waals surface area contributed by atoms with Crippen molar-refractivity contribution < 1.29 is 9.59 Å². The quantitative estimate of drug-likeness (QED) is 0.872. The number of likely N-dealkylation sites (N-methyl/N-ethyl adjacent to an activating group) is 1. The van der Waals surface area contributed by atoms with Crippen LogP contribution in [0.3, 0.4) is 0 Å². The van der Waals surface area contributed by atoms with Gasteiger partial charge in [0.15, 0.2) is 5.69 Å². The van der Waals surface area contributed by atoms with Crippen molar-refractivity contribution >= 4 is 22.6 Å². The van der Waals surface area contributed by atoms with Gasteiger partial charge in [0.05, 0.1) is 11.9 Å². The maximum Gasteiger partial charge on any atom is 0.275 e. The molecule has 0 aliphatic heterocycles. The zero-order valence-electron chi connectivity index (χ0n) is 13.5. The average molecular weight is 316 g/mol. The molecule has 2 amide bonds. The second-order valence-electron chi connectivity index (χ2n) is 5.33. The maximum atomic E-state index is 12.6. The van der Waals surface area contributed by atoms with E-state index in [1.165, 1.54) is 19.0 Å². The molecule has 2 rings (SSSR count). The minimum atomic E-state index is -0.400. The van der Waals surface area contributed by atoms with Gasteiger partial charge in [-0.15, -0.1) is 0 Å². The van der Waals surface area contributed by atoms with Gasteiger partial charge in [0.1, 0.15) is 0 Å². The van der Waals surface area contributed by atoms with Gasteiger partial charge in [-0.2, -0.15) is 5.10 Å². The SMILES string of the molecule is CCCNC(=O)CN(C)C(=O)c1nn(C)c(=O)c2ccccc12. The molecule has 0 saturated heterocycles. The highest BCUT2D eigenvalue weighted by Crippen LogP contribution is 2.14. The fourth-order valence-corrected chi connectivity index (χ4v) is 2.25. The van der Waals surface area contributed by atoms with Gasteiger partial charge >= 0.3 is 0 Å². The van der Waals surface area contributed by atoms with Gasteiger partial charge in [0.2, 0.25) is 5.91 Å². The number of aromatic nitrogens is 2. The topological polar surface area (TPSA) is 84.3 Å². The van der Waals surface area contributed by atoms with Crippen LogP contribution in [-0.4, -0.2) is 46.6 Å². The summed E-state index contributed by atoms with van der Waals surface area (Å²) in [6.45, 7) is 2.47. The highest BCUT2D eigenvalue weighted by Gasteiger charge is 2.20. The van der Waals surface area contributed by atoms with Crippen molar-refractivity contribution in [3.63, 3.8) is 0 Å². The number of aryl methyl sites for hydroxylation is 1. The van der Waals surface area contributed by atoms with Gasteiger partial charge in [-0.1, -0.05) is 25.1 Å². The molecule has 7 nitrogen and oxygen atoms in total. The molecule has 0 atom stereocenters. The molecule has 23 heavy (non-hydrogen) atoms. The summed E-state index contributed by atoms with van der Waals surface area (Å²) in [6.07, 6.45) is 0.830. The van der Waals surface area contributed by atoms with Gasteiger partial charge < -0.3 is 10.2 Å². The van der Waals surface area contributed by atoms with Crippen LogP contribution in [0.1, 0.15) is 23.8 Å². The van der Waals surface area contributed by atoms with Gasteiger partial charge in [-0.05, 0) is 12.5 Å². The third-order valence-corrected chi connectivity index (χ3v) is 3.46. The Hall–Kier alpha value is -2.70. The van der Waals surface area contributed by atoms with E-state index in [1.807, 2.05) is 6.92 Å². The van der Waals surface area contributed by atoms with Crippen molar-refractivity contribution in [2.24, 2.45) is 7.05 Å². The van der Waals surface area contributed by atoms with Gasteiger partial charge in [0.25, 0.3) is 11.5 Å². The van der Waals surface area contributed by atoms with Crippen molar-refractivity contribution in [2.45, 2.75) is 13.3 Å². The number of hydrogen-bond donors (Lipinski definition) is 1. The van der Waals surface area contributed by atoms with Crippen molar-refractivity contribution in [1.82, 2.24) is 20.0 Å². The van der Waals surface area contributed by atoms with Crippen molar-refractivity contribution in [1.29, 1.82) is 0 Å². The molecule has 1 aromatic heterocycles. The molecule has 122 valence electrons. The second-order valence-corrected chi connectivity index (χ2v) is 5.33. The Morgan fingerprint density at radius 1 is 1.26 bits per heavy atom. The van der Waals surface area contributed by atoms with Crippen molar-refractivity contribution in [3.05, 3.63) is 40.3 Å². The fraction of sp³-hybridized carbons (Fsp3) is 0.375. The lowest BCUT2D eigenvalue weighted by atomic mass is 10.1. The Kier molecular flexibility index (Phi) is 5.10. The van der Waals surface area contributed by atoms with E-state index in [9.17, 15) is 14.4 Å².